The van der Waals surface area contributed by atoms with Gasteiger partial charge >= 0.3 is 0 Å². The van der Waals surface area contributed by atoms with E-state index in [1.165, 1.54) is 0 Å². The summed E-state index contributed by atoms with van der Waals surface area (Å²) in [6, 6.07) is 6.12. The number of ether oxygens (including phenoxy) is 2. The first-order valence-electron chi connectivity index (χ1n) is 6.31. The zero-order valence-corrected chi connectivity index (χ0v) is 12.3. The van der Waals surface area contributed by atoms with Crippen LogP contribution in [0.2, 0.25) is 0 Å². The quantitative estimate of drug-likeness (QED) is 0.870. The third kappa shape index (κ3) is 3.64. The van der Waals surface area contributed by atoms with Gasteiger partial charge in [-0.05, 0) is 31.0 Å². The van der Waals surface area contributed by atoms with Crippen LogP contribution in [0.3, 0.4) is 0 Å². The van der Waals surface area contributed by atoms with E-state index in [0.717, 1.165) is 23.5 Å². The lowest BCUT2D eigenvalue weighted by atomic mass is 9.85. The zero-order valence-electron chi connectivity index (χ0n) is 12.3. The van der Waals surface area contributed by atoms with E-state index in [4.69, 9.17) is 9.47 Å². The van der Waals surface area contributed by atoms with Crippen LogP contribution >= 0.6 is 0 Å². The summed E-state index contributed by atoms with van der Waals surface area (Å²) in [7, 11) is 5.37. The van der Waals surface area contributed by atoms with Gasteiger partial charge in [-0.2, -0.15) is 0 Å². The molecule has 0 aliphatic carbocycles. The molecule has 102 valence electrons. The molecule has 1 rings (SSSR count). The van der Waals surface area contributed by atoms with Gasteiger partial charge in [-0.15, -0.1) is 0 Å². The van der Waals surface area contributed by atoms with Crippen LogP contribution in [0.4, 0.5) is 0 Å². The molecule has 18 heavy (non-hydrogen) atoms. The fourth-order valence-corrected chi connectivity index (χ4v) is 2.18. The molecule has 0 saturated heterocycles. The van der Waals surface area contributed by atoms with Gasteiger partial charge in [0.2, 0.25) is 0 Å². The third-order valence-corrected chi connectivity index (χ3v) is 2.98. The van der Waals surface area contributed by atoms with E-state index < -0.39 is 0 Å². The Balaban J connectivity index is 3.18. The molecule has 0 aliphatic rings. The molecule has 0 spiro atoms. The Morgan fingerprint density at radius 3 is 1.94 bits per heavy atom. The van der Waals surface area contributed by atoms with Crippen LogP contribution in [0.25, 0.3) is 0 Å². The van der Waals surface area contributed by atoms with Crippen LogP contribution in [0.1, 0.15) is 38.8 Å². The van der Waals surface area contributed by atoms with Crippen molar-refractivity contribution in [2.75, 3.05) is 21.3 Å². The van der Waals surface area contributed by atoms with Crippen molar-refractivity contribution in [3.63, 3.8) is 0 Å². The minimum absolute atomic E-state index is 0.219. The van der Waals surface area contributed by atoms with Crippen molar-refractivity contribution < 1.29 is 9.47 Å². The van der Waals surface area contributed by atoms with Gasteiger partial charge in [0, 0.05) is 6.04 Å². The SMILES string of the molecule is CNC(CC(C)(C)C)c1c(OC)cccc1OC. The van der Waals surface area contributed by atoms with E-state index >= 15 is 0 Å². The first kappa shape index (κ1) is 14.8. The Bertz CT molecular complexity index is 360. The highest BCUT2D eigenvalue weighted by molar-refractivity contribution is 5.47. The first-order valence-corrected chi connectivity index (χ1v) is 6.31. The average molecular weight is 251 g/mol. The molecule has 0 aromatic heterocycles. The molecule has 0 saturated carbocycles. The lowest BCUT2D eigenvalue weighted by Crippen LogP contribution is -2.23. The molecule has 1 aromatic rings. The standard InChI is InChI=1S/C15H25NO2/c1-15(2,3)10-11(16-4)14-12(17-5)8-7-9-13(14)18-6/h7-9,11,16H,10H2,1-6H3. The van der Waals surface area contributed by atoms with Crippen LogP contribution in [0, 0.1) is 5.41 Å². The molecule has 1 unspecified atom stereocenters. The smallest absolute Gasteiger partial charge is 0.127 e. The Labute approximate surface area is 110 Å². The Hall–Kier alpha value is -1.22. The van der Waals surface area contributed by atoms with Crippen LogP contribution in [-0.4, -0.2) is 21.3 Å². The molecule has 0 heterocycles. The first-order chi connectivity index (χ1) is 8.42. The monoisotopic (exact) mass is 251 g/mol. The van der Waals surface area contributed by atoms with E-state index in [-0.39, 0.29) is 11.5 Å². The molecule has 1 aromatic carbocycles. The molecule has 0 radical (unpaired) electrons. The van der Waals surface area contributed by atoms with Gasteiger partial charge in [-0.25, -0.2) is 0 Å². The summed E-state index contributed by atoms with van der Waals surface area (Å²) in [5.74, 6) is 1.75. The summed E-state index contributed by atoms with van der Waals surface area (Å²) in [6.45, 7) is 6.71. The van der Waals surface area contributed by atoms with Gasteiger partial charge in [-0.3, -0.25) is 0 Å². The summed E-state index contributed by atoms with van der Waals surface area (Å²) in [5, 5.41) is 3.36. The average Bonchev–Trinajstić information content (AvgIpc) is 2.33. The maximum Gasteiger partial charge on any atom is 0.127 e. The topological polar surface area (TPSA) is 30.5 Å². The van der Waals surface area contributed by atoms with Crippen molar-refractivity contribution in [2.24, 2.45) is 5.41 Å². The Morgan fingerprint density at radius 2 is 1.61 bits per heavy atom. The summed E-state index contributed by atoms with van der Waals surface area (Å²) < 4.78 is 10.9. The van der Waals surface area contributed by atoms with E-state index in [1.807, 2.05) is 25.2 Å². The fourth-order valence-electron chi connectivity index (χ4n) is 2.18. The molecular formula is C15H25NO2. The molecule has 1 atom stereocenters. The van der Waals surface area contributed by atoms with Gasteiger partial charge in [0.25, 0.3) is 0 Å². The molecule has 1 N–H and O–H groups in total. The van der Waals surface area contributed by atoms with E-state index in [9.17, 15) is 0 Å². The largest absolute Gasteiger partial charge is 0.496 e. The van der Waals surface area contributed by atoms with Gasteiger partial charge in [-0.1, -0.05) is 26.8 Å². The molecule has 0 aliphatic heterocycles. The van der Waals surface area contributed by atoms with Crippen molar-refractivity contribution in [1.82, 2.24) is 5.32 Å². The number of hydrogen-bond donors (Lipinski definition) is 1. The molecule has 0 fully saturated rings. The highest BCUT2D eigenvalue weighted by atomic mass is 16.5. The van der Waals surface area contributed by atoms with Crippen molar-refractivity contribution in [2.45, 2.75) is 33.2 Å². The molecular weight excluding hydrogens is 226 g/mol. The summed E-state index contributed by atoms with van der Waals surface area (Å²) in [6.07, 6.45) is 1.01. The van der Waals surface area contributed by atoms with Gasteiger partial charge < -0.3 is 14.8 Å². The van der Waals surface area contributed by atoms with Gasteiger partial charge in [0.05, 0.1) is 19.8 Å². The second-order valence-corrected chi connectivity index (χ2v) is 5.68. The maximum absolute atomic E-state index is 5.47. The van der Waals surface area contributed by atoms with Crippen molar-refractivity contribution in [3.8, 4) is 11.5 Å². The normalized spacial score (nSPS) is 13.2. The zero-order chi connectivity index (χ0) is 13.8. The van der Waals surface area contributed by atoms with E-state index in [0.29, 0.717) is 0 Å². The predicted molar refractivity (Wildman–Crippen MR) is 75.4 cm³/mol. The number of benzene rings is 1. The fraction of sp³-hybridized carbons (Fsp3) is 0.600. The third-order valence-electron chi connectivity index (χ3n) is 2.98. The van der Waals surface area contributed by atoms with Crippen molar-refractivity contribution >= 4 is 0 Å². The lowest BCUT2D eigenvalue weighted by Gasteiger charge is -2.28. The number of methoxy groups -OCH3 is 2. The van der Waals surface area contributed by atoms with Crippen molar-refractivity contribution in [3.05, 3.63) is 23.8 Å². The van der Waals surface area contributed by atoms with Crippen LogP contribution in [0.5, 0.6) is 11.5 Å². The highest BCUT2D eigenvalue weighted by Crippen LogP contribution is 2.39. The molecule has 0 amide bonds. The predicted octanol–water partition coefficient (Wildman–Crippen LogP) is 3.40. The number of rotatable bonds is 5. The maximum atomic E-state index is 5.47. The van der Waals surface area contributed by atoms with Crippen LogP contribution in [0.15, 0.2) is 18.2 Å². The van der Waals surface area contributed by atoms with Gasteiger partial charge in [0.15, 0.2) is 0 Å². The molecule has 0 bridgehead atoms. The van der Waals surface area contributed by atoms with Crippen molar-refractivity contribution in [1.29, 1.82) is 0 Å². The van der Waals surface area contributed by atoms with Crippen LogP contribution < -0.4 is 14.8 Å². The lowest BCUT2D eigenvalue weighted by molar-refractivity contribution is 0.304. The van der Waals surface area contributed by atoms with E-state index in [2.05, 4.69) is 26.1 Å². The number of nitrogens with one attached hydrogen (secondary N) is 1. The Morgan fingerprint density at radius 1 is 1.11 bits per heavy atom. The summed E-state index contributed by atoms with van der Waals surface area (Å²) in [4.78, 5) is 0. The minimum atomic E-state index is 0.219. The second kappa shape index (κ2) is 6.10. The number of hydrogen-bond acceptors (Lipinski definition) is 3. The highest BCUT2D eigenvalue weighted by Gasteiger charge is 2.24. The Kier molecular flexibility index (Phi) is 5.03. The van der Waals surface area contributed by atoms with Crippen LogP contribution in [-0.2, 0) is 0 Å². The summed E-state index contributed by atoms with van der Waals surface area (Å²) in [5.41, 5.74) is 1.33. The van der Waals surface area contributed by atoms with Gasteiger partial charge in [0.1, 0.15) is 11.5 Å². The second-order valence-electron chi connectivity index (χ2n) is 5.68. The summed E-state index contributed by atoms with van der Waals surface area (Å²) >= 11 is 0. The molecule has 3 nitrogen and oxygen atoms in total. The molecule has 3 heteroatoms. The van der Waals surface area contributed by atoms with E-state index in [1.54, 1.807) is 14.2 Å². The minimum Gasteiger partial charge on any atom is -0.496 e.